The summed E-state index contributed by atoms with van der Waals surface area (Å²) in [7, 11) is 0. The summed E-state index contributed by atoms with van der Waals surface area (Å²) in [5.41, 5.74) is 0.717. The molecular weight excluding hydrogens is 773 g/mol. The van der Waals surface area contributed by atoms with Gasteiger partial charge in [0.15, 0.2) is 24.6 Å². The number of carbonyl (C=O) groups excluding carboxylic acids is 4. The van der Waals surface area contributed by atoms with E-state index in [2.05, 4.69) is 6.92 Å². The summed E-state index contributed by atoms with van der Waals surface area (Å²) in [5.74, 6) is -2.78. The molecule has 0 aromatic heterocycles. The van der Waals surface area contributed by atoms with Crippen molar-refractivity contribution < 1.29 is 47.6 Å². The molecule has 0 saturated carbocycles. The summed E-state index contributed by atoms with van der Waals surface area (Å²) in [4.78, 5) is 52.9. The van der Waals surface area contributed by atoms with Crippen molar-refractivity contribution in [2.45, 2.75) is 173 Å². The minimum Gasteiger partial charge on any atom is -0.463 e. The average Bonchev–Trinajstić information content (AvgIpc) is 3.28. The normalized spacial score (nSPS) is 18.6. The van der Waals surface area contributed by atoms with Gasteiger partial charge in [-0.1, -0.05) is 184 Å². The van der Waals surface area contributed by atoms with Crippen molar-refractivity contribution in [1.82, 2.24) is 0 Å². The fourth-order valence-corrected chi connectivity index (χ4v) is 7.60. The third kappa shape index (κ3) is 18.9. The molecule has 1 heterocycles. The number of hydrogen-bond donors (Lipinski definition) is 0. The molecular formula is C51H70O10. The maximum atomic E-state index is 13.7. The maximum Gasteiger partial charge on any atom is 0.338 e. The molecule has 0 bridgehead atoms. The molecule has 61 heavy (non-hydrogen) atoms. The summed E-state index contributed by atoms with van der Waals surface area (Å²) in [6.07, 6.45) is 18.9. The van der Waals surface area contributed by atoms with E-state index in [0.29, 0.717) is 6.42 Å². The van der Waals surface area contributed by atoms with Crippen LogP contribution in [0.4, 0.5) is 0 Å². The molecule has 4 rings (SSSR count). The van der Waals surface area contributed by atoms with Crippen LogP contribution in [0.5, 0.6) is 0 Å². The molecule has 0 spiro atoms. The van der Waals surface area contributed by atoms with Gasteiger partial charge >= 0.3 is 23.9 Å². The van der Waals surface area contributed by atoms with Gasteiger partial charge in [-0.05, 0) is 42.8 Å². The molecule has 10 nitrogen and oxygen atoms in total. The molecule has 0 unspecified atom stereocenters. The summed E-state index contributed by atoms with van der Waals surface area (Å²) in [6, 6.07) is 25.0. The first-order valence-electron chi connectivity index (χ1n) is 23.1. The van der Waals surface area contributed by atoms with E-state index in [9.17, 15) is 19.2 Å². The van der Waals surface area contributed by atoms with E-state index < -0.39 is 54.6 Å². The zero-order valence-corrected chi connectivity index (χ0v) is 36.7. The molecule has 10 heteroatoms. The van der Waals surface area contributed by atoms with Gasteiger partial charge in [0, 0.05) is 13.5 Å². The van der Waals surface area contributed by atoms with Gasteiger partial charge < -0.3 is 28.4 Å². The SMILES string of the molecule is CCCCCCCCCCCCCCCCCCCCCCO[C@@H]1O[C@H](COC(C)=O)[C@@H](OC(=O)c2ccccc2)[C@H](OC(=O)c2ccccc2)[C@H]1OC(=O)c1ccccc1. The fraction of sp³-hybridized carbons (Fsp3) is 0.569. The lowest BCUT2D eigenvalue weighted by molar-refractivity contribution is -0.299. The third-order valence-electron chi connectivity index (χ3n) is 11.1. The Labute approximate surface area is 364 Å². The molecule has 0 radical (unpaired) electrons. The summed E-state index contributed by atoms with van der Waals surface area (Å²) in [5, 5.41) is 0. The van der Waals surface area contributed by atoms with Crippen molar-refractivity contribution in [1.29, 1.82) is 0 Å². The molecule has 334 valence electrons. The first-order chi connectivity index (χ1) is 29.9. The standard InChI is InChI=1S/C51H70O10/c1-3-4-5-6-7-8-9-10-11-12-13-14-15-16-17-18-19-20-21-31-38-56-51-47(61-50(55)43-36-29-24-30-37-43)46(60-49(54)42-34-27-23-28-35-42)45(44(58-51)39-57-40(2)52)59-48(53)41-32-25-22-26-33-41/h22-30,32-37,44-47,51H,3-21,31,38-39H2,1-2H3/t44-,45-,46+,47-,51-/m1/s1. The van der Waals surface area contributed by atoms with Crippen LogP contribution in [-0.2, 0) is 33.2 Å². The predicted octanol–water partition coefficient (Wildman–Crippen LogP) is 11.8. The van der Waals surface area contributed by atoms with E-state index in [-0.39, 0.29) is 29.9 Å². The van der Waals surface area contributed by atoms with Crippen molar-refractivity contribution in [2.24, 2.45) is 0 Å². The van der Waals surface area contributed by atoms with Gasteiger partial charge in [-0.3, -0.25) is 4.79 Å². The average molecular weight is 843 g/mol. The second kappa shape index (κ2) is 29.7. The minimum atomic E-state index is -1.41. The van der Waals surface area contributed by atoms with Gasteiger partial charge in [-0.15, -0.1) is 0 Å². The van der Waals surface area contributed by atoms with E-state index in [0.717, 1.165) is 19.3 Å². The smallest absolute Gasteiger partial charge is 0.338 e. The molecule has 3 aromatic rings. The number of carbonyl (C=O) groups is 4. The Hall–Kier alpha value is -4.54. The van der Waals surface area contributed by atoms with Crippen LogP contribution in [-0.4, -0.2) is 67.8 Å². The van der Waals surface area contributed by atoms with Crippen LogP contribution in [0.2, 0.25) is 0 Å². The van der Waals surface area contributed by atoms with Gasteiger partial charge in [-0.25, -0.2) is 14.4 Å². The molecule has 5 atom stereocenters. The third-order valence-corrected chi connectivity index (χ3v) is 11.1. The minimum absolute atomic E-state index is 0.230. The summed E-state index contributed by atoms with van der Waals surface area (Å²) in [6.45, 7) is 3.44. The van der Waals surface area contributed by atoms with Crippen LogP contribution in [0, 0.1) is 0 Å². The van der Waals surface area contributed by atoms with Crippen molar-refractivity contribution in [2.75, 3.05) is 13.2 Å². The number of esters is 4. The van der Waals surface area contributed by atoms with Crippen LogP contribution < -0.4 is 0 Å². The summed E-state index contributed by atoms with van der Waals surface area (Å²) < 4.78 is 36.2. The van der Waals surface area contributed by atoms with Crippen LogP contribution in [0.25, 0.3) is 0 Å². The highest BCUT2D eigenvalue weighted by Gasteiger charge is 2.53. The molecule has 0 amide bonds. The van der Waals surface area contributed by atoms with E-state index in [1.54, 1.807) is 91.0 Å². The Morgan fingerprint density at radius 1 is 0.459 bits per heavy atom. The lowest BCUT2D eigenvalue weighted by Gasteiger charge is -2.44. The molecule has 1 fully saturated rings. The van der Waals surface area contributed by atoms with Crippen LogP contribution in [0.3, 0.4) is 0 Å². The van der Waals surface area contributed by atoms with Crippen molar-refractivity contribution in [3.05, 3.63) is 108 Å². The highest BCUT2D eigenvalue weighted by atomic mass is 16.7. The molecule has 0 aliphatic carbocycles. The van der Waals surface area contributed by atoms with Gasteiger partial charge in [0.25, 0.3) is 0 Å². The monoisotopic (exact) mass is 842 g/mol. The van der Waals surface area contributed by atoms with Gasteiger partial charge in [0.05, 0.1) is 16.7 Å². The Bertz CT molecular complexity index is 1650. The molecule has 0 N–H and O–H groups in total. The number of hydrogen-bond acceptors (Lipinski definition) is 10. The summed E-state index contributed by atoms with van der Waals surface area (Å²) >= 11 is 0. The first kappa shape index (κ1) is 49.1. The second-order valence-electron chi connectivity index (χ2n) is 16.1. The molecule has 1 aliphatic heterocycles. The zero-order valence-electron chi connectivity index (χ0n) is 36.7. The Kier molecular flexibility index (Phi) is 23.9. The predicted molar refractivity (Wildman–Crippen MR) is 236 cm³/mol. The van der Waals surface area contributed by atoms with E-state index in [1.807, 2.05) is 0 Å². The van der Waals surface area contributed by atoms with Gasteiger partial charge in [0.2, 0.25) is 0 Å². The van der Waals surface area contributed by atoms with E-state index >= 15 is 0 Å². The topological polar surface area (TPSA) is 124 Å². The first-order valence-corrected chi connectivity index (χ1v) is 23.1. The molecule has 3 aromatic carbocycles. The van der Waals surface area contributed by atoms with Crippen molar-refractivity contribution in [3.8, 4) is 0 Å². The number of rotatable bonds is 30. The largest absolute Gasteiger partial charge is 0.463 e. The van der Waals surface area contributed by atoms with E-state index in [4.69, 9.17) is 28.4 Å². The maximum absolute atomic E-state index is 13.7. The van der Waals surface area contributed by atoms with Crippen LogP contribution in [0.1, 0.15) is 173 Å². The number of unbranched alkanes of at least 4 members (excludes halogenated alkanes) is 19. The molecule has 1 aliphatic rings. The Morgan fingerprint density at radius 3 is 1.18 bits per heavy atom. The lowest BCUT2D eigenvalue weighted by Crippen LogP contribution is -2.63. The van der Waals surface area contributed by atoms with Crippen LogP contribution >= 0.6 is 0 Å². The Balaban J connectivity index is 1.32. The quantitative estimate of drug-likeness (QED) is 0.0364. The van der Waals surface area contributed by atoms with Gasteiger partial charge in [-0.2, -0.15) is 0 Å². The second-order valence-corrected chi connectivity index (χ2v) is 16.1. The molecule has 1 saturated heterocycles. The zero-order chi connectivity index (χ0) is 43.3. The highest BCUT2D eigenvalue weighted by Crippen LogP contribution is 2.32. The highest BCUT2D eigenvalue weighted by molar-refractivity contribution is 5.91. The van der Waals surface area contributed by atoms with Crippen molar-refractivity contribution in [3.63, 3.8) is 0 Å². The number of ether oxygens (including phenoxy) is 6. The van der Waals surface area contributed by atoms with Gasteiger partial charge in [0.1, 0.15) is 12.7 Å². The number of benzene rings is 3. The van der Waals surface area contributed by atoms with Crippen molar-refractivity contribution >= 4 is 23.9 Å². The van der Waals surface area contributed by atoms with Crippen LogP contribution in [0.15, 0.2) is 91.0 Å². The lowest BCUT2D eigenvalue weighted by atomic mass is 9.97. The van der Waals surface area contributed by atoms with E-state index in [1.165, 1.54) is 110 Å². The Morgan fingerprint density at radius 2 is 0.803 bits per heavy atom. The fourth-order valence-electron chi connectivity index (χ4n) is 7.60.